The number of rotatable bonds is 8. The molecule has 2 fully saturated rings. The molecular weight excluding hydrogens is 428 g/mol. The van der Waals surface area contributed by atoms with Crippen molar-refractivity contribution < 1.29 is 18.9 Å². The van der Waals surface area contributed by atoms with Gasteiger partial charge in [0, 0.05) is 32.6 Å². The van der Waals surface area contributed by atoms with Gasteiger partial charge >= 0.3 is 0 Å². The van der Waals surface area contributed by atoms with E-state index in [0.717, 1.165) is 57.1 Å². The maximum Gasteiger partial charge on any atom is 0.161 e. The first kappa shape index (κ1) is 23.6. The Bertz CT molecular complexity index is 922. The second-order valence-electron chi connectivity index (χ2n) is 9.74. The molecule has 3 aliphatic rings. The molecule has 0 amide bonds. The van der Waals surface area contributed by atoms with Crippen molar-refractivity contribution in [2.24, 2.45) is 0 Å². The number of aryl methyl sites for hydroxylation is 1. The molecule has 2 aliphatic heterocycles. The maximum absolute atomic E-state index is 6.22. The van der Waals surface area contributed by atoms with Gasteiger partial charge in [-0.25, -0.2) is 0 Å². The summed E-state index contributed by atoms with van der Waals surface area (Å²) in [7, 11) is 3.43. The van der Waals surface area contributed by atoms with E-state index in [1.165, 1.54) is 29.5 Å². The van der Waals surface area contributed by atoms with E-state index in [2.05, 4.69) is 52.3 Å². The van der Waals surface area contributed by atoms with Crippen LogP contribution in [-0.2, 0) is 22.3 Å². The predicted molar refractivity (Wildman–Crippen MR) is 133 cm³/mol. The first-order valence-corrected chi connectivity index (χ1v) is 12.7. The van der Waals surface area contributed by atoms with E-state index in [0.29, 0.717) is 19.1 Å². The summed E-state index contributed by atoms with van der Waals surface area (Å²) in [4.78, 5) is 5.06. The van der Waals surface area contributed by atoms with Crippen LogP contribution in [0, 0.1) is 0 Å². The highest BCUT2D eigenvalue weighted by atomic mass is 16.6. The fourth-order valence-electron chi connectivity index (χ4n) is 5.67. The highest BCUT2D eigenvalue weighted by Crippen LogP contribution is 2.41. The Balaban J connectivity index is 1.05. The number of piperazine rings is 1. The molecule has 6 heteroatoms. The van der Waals surface area contributed by atoms with Gasteiger partial charge in [0.15, 0.2) is 11.5 Å². The standard InChI is InChI=1S/C28H38N2O4/c1-31-26-17-23-9-8-22(25(23)18-27(26)32-2)10-11-29-12-14-30(15-13-29)28-20-33-24(19-34-28)16-21-6-4-3-5-7-21/h3-7,17-18,22,24,28H,8-16,19-20H2,1-2H3. The normalized spacial score (nSPS) is 25.8. The van der Waals surface area contributed by atoms with E-state index in [9.17, 15) is 0 Å². The molecule has 0 bridgehead atoms. The smallest absolute Gasteiger partial charge is 0.161 e. The summed E-state index contributed by atoms with van der Waals surface area (Å²) in [5, 5.41) is 0. The Morgan fingerprint density at radius 2 is 1.68 bits per heavy atom. The third-order valence-electron chi connectivity index (χ3n) is 7.71. The molecule has 2 aromatic rings. The van der Waals surface area contributed by atoms with Crippen molar-refractivity contribution in [3.8, 4) is 11.5 Å². The lowest BCUT2D eigenvalue weighted by molar-refractivity contribution is -0.189. The average molecular weight is 467 g/mol. The van der Waals surface area contributed by atoms with Gasteiger partial charge in [0.1, 0.15) is 6.23 Å². The molecule has 2 aromatic carbocycles. The van der Waals surface area contributed by atoms with Crippen molar-refractivity contribution in [2.75, 3.05) is 60.2 Å². The highest BCUT2D eigenvalue weighted by Gasteiger charge is 2.30. The molecule has 1 aliphatic carbocycles. The minimum absolute atomic E-state index is 0.0957. The molecule has 0 radical (unpaired) electrons. The lowest BCUT2D eigenvalue weighted by Gasteiger charge is -2.41. The topological polar surface area (TPSA) is 43.4 Å². The first-order valence-electron chi connectivity index (χ1n) is 12.7. The summed E-state index contributed by atoms with van der Waals surface area (Å²) in [5.74, 6) is 2.31. The number of nitrogens with zero attached hydrogens (tertiary/aromatic N) is 2. The third kappa shape index (κ3) is 5.41. The minimum atomic E-state index is 0.0957. The van der Waals surface area contributed by atoms with E-state index >= 15 is 0 Å². The Morgan fingerprint density at radius 1 is 0.912 bits per heavy atom. The minimum Gasteiger partial charge on any atom is -0.493 e. The summed E-state index contributed by atoms with van der Waals surface area (Å²) in [6.45, 7) is 6.77. The van der Waals surface area contributed by atoms with E-state index in [4.69, 9.17) is 18.9 Å². The SMILES string of the molecule is COc1cc2c(cc1OC)C(CCN1CCN(C3COC(Cc4ccccc4)CO3)CC1)CC2. The van der Waals surface area contributed by atoms with Crippen LogP contribution in [0.1, 0.15) is 35.4 Å². The summed E-state index contributed by atoms with van der Waals surface area (Å²) < 4.78 is 23.4. The van der Waals surface area contributed by atoms with Crippen LogP contribution >= 0.6 is 0 Å². The molecule has 2 heterocycles. The zero-order valence-corrected chi connectivity index (χ0v) is 20.6. The van der Waals surface area contributed by atoms with Gasteiger partial charge in [0.2, 0.25) is 0 Å². The van der Waals surface area contributed by atoms with E-state index in [1.807, 2.05) is 0 Å². The quantitative estimate of drug-likeness (QED) is 0.591. The monoisotopic (exact) mass is 466 g/mol. The Kier molecular flexibility index (Phi) is 7.70. The Hall–Kier alpha value is -2.12. The van der Waals surface area contributed by atoms with Crippen LogP contribution in [0.4, 0.5) is 0 Å². The molecule has 0 saturated carbocycles. The Labute approximate surface area is 203 Å². The summed E-state index contributed by atoms with van der Waals surface area (Å²) in [5.41, 5.74) is 4.19. The molecule has 6 nitrogen and oxygen atoms in total. The maximum atomic E-state index is 6.22. The van der Waals surface area contributed by atoms with Gasteiger partial charge in [-0.3, -0.25) is 4.90 Å². The van der Waals surface area contributed by atoms with Crippen molar-refractivity contribution in [3.05, 3.63) is 59.2 Å². The molecule has 2 saturated heterocycles. The fourth-order valence-corrected chi connectivity index (χ4v) is 5.67. The molecule has 3 unspecified atom stereocenters. The number of hydrogen-bond donors (Lipinski definition) is 0. The van der Waals surface area contributed by atoms with Crippen LogP contribution < -0.4 is 9.47 Å². The van der Waals surface area contributed by atoms with Crippen molar-refractivity contribution in [1.29, 1.82) is 0 Å². The van der Waals surface area contributed by atoms with Gasteiger partial charge in [-0.1, -0.05) is 30.3 Å². The molecule has 0 aromatic heterocycles. The first-order chi connectivity index (χ1) is 16.7. The van der Waals surface area contributed by atoms with Gasteiger partial charge in [0.05, 0.1) is 33.5 Å². The average Bonchev–Trinajstić information content (AvgIpc) is 3.29. The number of methoxy groups -OCH3 is 2. The van der Waals surface area contributed by atoms with Crippen molar-refractivity contribution >= 4 is 0 Å². The number of hydrogen-bond acceptors (Lipinski definition) is 6. The van der Waals surface area contributed by atoms with Crippen molar-refractivity contribution in [2.45, 2.75) is 43.9 Å². The highest BCUT2D eigenvalue weighted by molar-refractivity contribution is 5.50. The van der Waals surface area contributed by atoms with Crippen LogP contribution in [0.5, 0.6) is 11.5 Å². The van der Waals surface area contributed by atoms with E-state index in [1.54, 1.807) is 14.2 Å². The zero-order chi connectivity index (χ0) is 23.3. The van der Waals surface area contributed by atoms with Crippen molar-refractivity contribution in [1.82, 2.24) is 9.80 Å². The van der Waals surface area contributed by atoms with Crippen molar-refractivity contribution in [3.63, 3.8) is 0 Å². The molecule has 3 atom stereocenters. The molecule has 0 spiro atoms. The summed E-state index contributed by atoms with van der Waals surface area (Å²) in [6.07, 6.45) is 4.74. The number of benzene rings is 2. The zero-order valence-electron chi connectivity index (χ0n) is 20.6. The second-order valence-corrected chi connectivity index (χ2v) is 9.74. The third-order valence-corrected chi connectivity index (χ3v) is 7.71. The summed E-state index contributed by atoms with van der Waals surface area (Å²) >= 11 is 0. The number of ether oxygens (including phenoxy) is 4. The fraction of sp³-hybridized carbons (Fsp3) is 0.571. The molecule has 34 heavy (non-hydrogen) atoms. The van der Waals surface area contributed by atoms with E-state index < -0.39 is 0 Å². The second kappa shape index (κ2) is 11.1. The summed E-state index contributed by atoms with van der Waals surface area (Å²) in [6, 6.07) is 14.9. The lowest BCUT2D eigenvalue weighted by Crippen LogP contribution is -2.55. The van der Waals surface area contributed by atoms with Crippen LogP contribution in [0.3, 0.4) is 0 Å². The number of fused-ring (bicyclic) bond motifs is 1. The van der Waals surface area contributed by atoms with Crippen LogP contribution in [-0.4, -0.2) is 82.3 Å². The van der Waals surface area contributed by atoms with Gasteiger partial charge < -0.3 is 23.8 Å². The van der Waals surface area contributed by atoms with Crippen LogP contribution in [0.15, 0.2) is 42.5 Å². The lowest BCUT2D eigenvalue weighted by atomic mass is 9.97. The van der Waals surface area contributed by atoms with Gasteiger partial charge in [-0.2, -0.15) is 0 Å². The molecule has 184 valence electrons. The molecule has 5 rings (SSSR count). The predicted octanol–water partition coefficient (Wildman–Crippen LogP) is 3.73. The van der Waals surface area contributed by atoms with E-state index in [-0.39, 0.29) is 12.3 Å². The van der Waals surface area contributed by atoms with Gasteiger partial charge in [0.25, 0.3) is 0 Å². The van der Waals surface area contributed by atoms with Crippen LogP contribution in [0.25, 0.3) is 0 Å². The molecule has 0 N–H and O–H groups in total. The van der Waals surface area contributed by atoms with Crippen LogP contribution in [0.2, 0.25) is 0 Å². The largest absolute Gasteiger partial charge is 0.493 e. The molecular formula is C28H38N2O4. The van der Waals surface area contributed by atoms with Gasteiger partial charge in [-0.15, -0.1) is 0 Å². The Morgan fingerprint density at radius 3 is 2.38 bits per heavy atom. The van der Waals surface area contributed by atoms with Gasteiger partial charge in [-0.05, 0) is 60.5 Å².